The molecular formula is C20H23NO2. The molecule has 1 N–H and O–H groups in total. The van der Waals surface area contributed by atoms with Crippen molar-refractivity contribution < 1.29 is 9.59 Å². The van der Waals surface area contributed by atoms with Gasteiger partial charge in [0.2, 0.25) is 5.91 Å². The molecule has 0 aliphatic heterocycles. The van der Waals surface area contributed by atoms with E-state index < -0.39 is 0 Å². The molecule has 0 radical (unpaired) electrons. The molecule has 0 saturated carbocycles. The number of hydrogen-bond acceptors (Lipinski definition) is 2. The molecule has 0 atom stereocenters. The van der Waals surface area contributed by atoms with Crippen molar-refractivity contribution in [2.45, 2.75) is 40.0 Å². The number of carbonyl (C=O) groups is 2. The molecule has 0 aromatic heterocycles. The first kappa shape index (κ1) is 16.9. The molecule has 0 spiro atoms. The topological polar surface area (TPSA) is 46.2 Å². The Bertz CT molecular complexity index is 702. The lowest BCUT2D eigenvalue weighted by atomic mass is 10.0. The molecule has 0 bridgehead atoms. The Labute approximate surface area is 137 Å². The third kappa shape index (κ3) is 4.52. The predicted molar refractivity (Wildman–Crippen MR) is 93.9 cm³/mol. The molecule has 0 heterocycles. The zero-order valence-electron chi connectivity index (χ0n) is 14.0. The standard InChI is InChI=1S/C20H23NO2/c1-4-16-8-10-17(11-9-16)19(22)12-13-20(23)21-18-7-5-6-14(2)15(18)3/h5-11H,4,12-13H2,1-3H3,(H,21,23). The summed E-state index contributed by atoms with van der Waals surface area (Å²) in [6.07, 6.45) is 1.37. The Balaban J connectivity index is 1.90. The van der Waals surface area contributed by atoms with Gasteiger partial charge in [0.25, 0.3) is 0 Å². The molecule has 23 heavy (non-hydrogen) atoms. The molecule has 2 rings (SSSR count). The first-order valence-electron chi connectivity index (χ1n) is 7.99. The Morgan fingerprint density at radius 1 is 0.957 bits per heavy atom. The van der Waals surface area contributed by atoms with Crippen molar-refractivity contribution in [1.82, 2.24) is 0 Å². The van der Waals surface area contributed by atoms with Gasteiger partial charge in [-0.3, -0.25) is 9.59 Å². The van der Waals surface area contributed by atoms with E-state index >= 15 is 0 Å². The summed E-state index contributed by atoms with van der Waals surface area (Å²) in [4.78, 5) is 24.2. The van der Waals surface area contributed by atoms with Gasteiger partial charge in [0.15, 0.2) is 5.78 Å². The minimum atomic E-state index is -0.128. The maximum Gasteiger partial charge on any atom is 0.224 e. The van der Waals surface area contributed by atoms with E-state index in [4.69, 9.17) is 0 Å². The number of rotatable bonds is 6. The van der Waals surface area contributed by atoms with Crippen LogP contribution in [0.25, 0.3) is 0 Å². The molecule has 1 amide bonds. The van der Waals surface area contributed by atoms with Crippen molar-refractivity contribution >= 4 is 17.4 Å². The lowest BCUT2D eigenvalue weighted by Crippen LogP contribution is -2.14. The second-order valence-electron chi connectivity index (χ2n) is 5.77. The highest BCUT2D eigenvalue weighted by Crippen LogP contribution is 2.18. The van der Waals surface area contributed by atoms with Crippen LogP contribution in [0.2, 0.25) is 0 Å². The fourth-order valence-corrected chi connectivity index (χ4v) is 2.40. The van der Waals surface area contributed by atoms with Crippen LogP contribution >= 0.6 is 0 Å². The predicted octanol–water partition coefficient (Wildman–Crippen LogP) is 4.47. The summed E-state index contributed by atoms with van der Waals surface area (Å²) in [6.45, 7) is 6.06. The van der Waals surface area contributed by atoms with Gasteiger partial charge in [-0.1, -0.05) is 43.3 Å². The monoisotopic (exact) mass is 309 g/mol. The number of ketones is 1. The van der Waals surface area contributed by atoms with Crippen LogP contribution in [0.5, 0.6) is 0 Å². The van der Waals surface area contributed by atoms with E-state index in [0.29, 0.717) is 5.56 Å². The maximum atomic E-state index is 12.1. The zero-order valence-corrected chi connectivity index (χ0v) is 14.0. The highest BCUT2D eigenvalue weighted by molar-refractivity contribution is 6.00. The molecule has 0 saturated heterocycles. The van der Waals surface area contributed by atoms with Gasteiger partial charge in [-0.15, -0.1) is 0 Å². The van der Waals surface area contributed by atoms with Crippen LogP contribution in [0, 0.1) is 13.8 Å². The summed E-state index contributed by atoms with van der Waals surface area (Å²) in [5.74, 6) is -0.124. The second kappa shape index (κ2) is 7.73. The number of hydrogen-bond donors (Lipinski definition) is 1. The van der Waals surface area contributed by atoms with Gasteiger partial charge < -0.3 is 5.32 Å². The van der Waals surface area contributed by atoms with Crippen molar-refractivity contribution in [3.8, 4) is 0 Å². The number of anilines is 1. The molecule has 120 valence electrons. The third-order valence-corrected chi connectivity index (χ3v) is 4.14. The highest BCUT2D eigenvalue weighted by Gasteiger charge is 2.10. The highest BCUT2D eigenvalue weighted by atomic mass is 16.2. The summed E-state index contributed by atoms with van der Waals surface area (Å²) in [5, 5.41) is 2.88. The molecule has 3 heteroatoms. The Hall–Kier alpha value is -2.42. The number of carbonyl (C=O) groups excluding carboxylic acids is 2. The van der Waals surface area contributed by atoms with Crippen molar-refractivity contribution in [2.24, 2.45) is 0 Å². The number of Topliss-reactive ketones (excluding diaryl/α,β-unsaturated/α-hetero) is 1. The zero-order chi connectivity index (χ0) is 16.8. The number of benzene rings is 2. The molecule has 0 fully saturated rings. The fourth-order valence-electron chi connectivity index (χ4n) is 2.40. The van der Waals surface area contributed by atoms with E-state index in [9.17, 15) is 9.59 Å². The van der Waals surface area contributed by atoms with E-state index in [1.807, 2.05) is 56.3 Å². The minimum Gasteiger partial charge on any atom is -0.326 e. The Morgan fingerprint density at radius 3 is 2.30 bits per heavy atom. The van der Waals surface area contributed by atoms with Crippen molar-refractivity contribution in [3.63, 3.8) is 0 Å². The van der Waals surface area contributed by atoms with E-state index in [1.54, 1.807) is 0 Å². The molecule has 0 unspecified atom stereocenters. The lowest BCUT2D eigenvalue weighted by molar-refractivity contribution is -0.116. The normalized spacial score (nSPS) is 10.4. The van der Waals surface area contributed by atoms with E-state index in [-0.39, 0.29) is 24.5 Å². The van der Waals surface area contributed by atoms with Crippen LogP contribution in [0.4, 0.5) is 5.69 Å². The molecule has 3 nitrogen and oxygen atoms in total. The third-order valence-electron chi connectivity index (χ3n) is 4.14. The molecule has 2 aromatic rings. The average molecular weight is 309 g/mol. The van der Waals surface area contributed by atoms with Crippen LogP contribution in [-0.2, 0) is 11.2 Å². The summed E-state index contributed by atoms with van der Waals surface area (Å²) < 4.78 is 0. The van der Waals surface area contributed by atoms with Crippen LogP contribution in [0.1, 0.15) is 46.8 Å². The molecule has 2 aromatic carbocycles. The van der Waals surface area contributed by atoms with Crippen LogP contribution < -0.4 is 5.32 Å². The van der Waals surface area contributed by atoms with Crippen LogP contribution in [0.15, 0.2) is 42.5 Å². The SMILES string of the molecule is CCc1ccc(C(=O)CCC(=O)Nc2cccc(C)c2C)cc1. The summed E-state index contributed by atoms with van der Waals surface area (Å²) in [6, 6.07) is 13.4. The summed E-state index contributed by atoms with van der Waals surface area (Å²) in [5.41, 5.74) is 4.88. The lowest BCUT2D eigenvalue weighted by Gasteiger charge is -2.10. The van der Waals surface area contributed by atoms with Gasteiger partial charge in [0.05, 0.1) is 0 Å². The molecule has 0 aliphatic rings. The second-order valence-corrected chi connectivity index (χ2v) is 5.77. The minimum absolute atomic E-state index is 0.00349. The fraction of sp³-hybridized carbons (Fsp3) is 0.300. The van der Waals surface area contributed by atoms with Crippen LogP contribution in [0.3, 0.4) is 0 Å². The number of aryl methyl sites for hydroxylation is 2. The van der Waals surface area contributed by atoms with Gasteiger partial charge in [-0.2, -0.15) is 0 Å². The summed E-state index contributed by atoms with van der Waals surface area (Å²) in [7, 11) is 0. The quantitative estimate of drug-likeness (QED) is 0.800. The van der Waals surface area contributed by atoms with E-state index in [2.05, 4.69) is 12.2 Å². The van der Waals surface area contributed by atoms with Gasteiger partial charge in [-0.05, 0) is 43.0 Å². The van der Waals surface area contributed by atoms with E-state index in [0.717, 1.165) is 23.2 Å². The van der Waals surface area contributed by atoms with Crippen LogP contribution in [-0.4, -0.2) is 11.7 Å². The Kier molecular flexibility index (Phi) is 5.69. The average Bonchev–Trinajstić information content (AvgIpc) is 2.57. The van der Waals surface area contributed by atoms with Gasteiger partial charge in [0, 0.05) is 24.1 Å². The first-order chi connectivity index (χ1) is 11.0. The van der Waals surface area contributed by atoms with Gasteiger partial charge in [0.1, 0.15) is 0 Å². The largest absolute Gasteiger partial charge is 0.326 e. The molecule has 0 aliphatic carbocycles. The Morgan fingerprint density at radius 2 is 1.65 bits per heavy atom. The van der Waals surface area contributed by atoms with Gasteiger partial charge in [-0.25, -0.2) is 0 Å². The maximum absolute atomic E-state index is 12.1. The van der Waals surface area contributed by atoms with Crippen molar-refractivity contribution in [3.05, 3.63) is 64.7 Å². The summed E-state index contributed by atoms with van der Waals surface area (Å²) >= 11 is 0. The molecular weight excluding hydrogens is 286 g/mol. The van der Waals surface area contributed by atoms with Crippen molar-refractivity contribution in [1.29, 1.82) is 0 Å². The number of nitrogens with one attached hydrogen (secondary N) is 1. The first-order valence-corrected chi connectivity index (χ1v) is 7.99. The smallest absolute Gasteiger partial charge is 0.224 e. The van der Waals surface area contributed by atoms with E-state index in [1.165, 1.54) is 5.56 Å². The number of amides is 1. The van der Waals surface area contributed by atoms with Gasteiger partial charge >= 0.3 is 0 Å². The van der Waals surface area contributed by atoms with Crippen molar-refractivity contribution in [2.75, 3.05) is 5.32 Å².